The maximum Gasteiger partial charge on any atom is 0.115 e. The quantitative estimate of drug-likeness (QED) is 0.762. The minimum Gasteiger partial charge on any atom is -0.396 e. The first-order valence-electron chi connectivity index (χ1n) is 5.93. The number of imidazole rings is 1. The third-order valence-corrected chi connectivity index (χ3v) is 3.68. The van der Waals surface area contributed by atoms with Crippen LogP contribution in [-0.4, -0.2) is 34.4 Å². The van der Waals surface area contributed by atoms with Crippen molar-refractivity contribution in [3.05, 3.63) is 23.8 Å². The number of rotatable bonds is 2. The van der Waals surface area contributed by atoms with Crippen molar-refractivity contribution < 1.29 is 5.11 Å². The average molecular weight is 219 g/mol. The summed E-state index contributed by atoms with van der Waals surface area (Å²) in [6.07, 6.45) is 9.41. The highest BCUT2D eigenvalue weighted by molar-refractivity contribution is 5.47. The van der Waals surface area contributed by atoms with Crippen molar-refractivity contribution in [3.63, 3.8) is 0 Å². The van der Waals surface area contributed by atoms with Crippen LogP contribution in [0.15, 0.2) is 12.3 Å². The number of fused-ring (bicyclic) bond motifs is 2. The van der Waals surface area contributed by atoms with Crippen LogP contribution in [0.3, 0.4) is 0 Å². The Balaban J connectivity index is 1.97. The average Bonchev–Trinajstić information content (AvgIpc) is 2.85. The van der Waals surface area contributed by atoms with Gasteiger partial charge in [-0.05, 0) is 19.4 Å². The van der Waals surface area contributed by atoms with Crippen molar-refractivity contribution >= 4 is 6.20 Å². The molecule has 3 rings (SSSR count). The normalized spacial score (nSPS) is 27.6. The van der Waals surface area contributed by atoms with Gasteiger partial charge in [0.1, 0.15) is 5.82 Å². The molecule has 0 bridgehead atoms. The van der Waals surface area contributed by atoms with E-state index in [0.29, 0.717) is 6.42 Å². The van der Waals surface area contributed by atoms with E-state index in [-0.39, 0.29) is 12.0 Å². The Morgan fingerprint density at radius 1 is 1.56 bits per heavy atom. The molecule has 2 aliphatic heterocycles. The summed E-state index contributed by atoms with van der Waals surface area (Å²) in [6.45, 7) is 2.29. The Bertz CT molecular complexity index is 416. The summed E-state index contributed by atoms with van der Waals surface area (Å²) in [7, 11) is 0. The molecule has 4 nitrogen and oxygen atoms in total. The lowest BCUT2D eigenvalue weighted by molar-refractivity contribution is 0.296. The van der Waals surface area contributed by atoms with Crippen LogP contribution < -0.4 is 5.32 Å². The molecule has 1 aromatic heterocycles. The summed E-state index contributed by atoms with van der Waals surface area (Å²) >= 11 is 0. The van der Waals surface area contributed by atoms with Crippen molar-refractivity contribution in [2.45, 2.75) is 24.7 Å². The van der Waals surface area contributed by atoms with Crippen LogP contribution in [0, 0.1) is 0 Å². The molecular weight excluding hydrogens is 202 g/mol. The van der Waals surface area contributed by atoms with Gasteiger partial charge in [0.2, 0.25) is 0 Å². The monoisotopic (exact) mass is 219 g/mol. The van der Waals surface area contributed by atoms with Crippen LogP contribution >= 0.6 is 0 Å². The van der Waals surface area contributed by atoms with Crippen LogP contribution in [0.2, 0.25) is 0 Å². The topological polar surface area (TPSA) is 50.1 Å². The van der Waals surface area contributed by atoms with Crippen molar-refractivity contribution in [1.29, 1.82) is 0 Å². The minimum absolute atomic E-state index is 0.152. The molecule has 0 radical (unpaired) electrons. The van der Waals surface area contributed by atoms with E-state index >= 15 is 0 Å². The van der Waals surface area contributed by atoms with Crippen molar-refractivity contribution in [2.24, 2.45) is 0 Å². The second kappa shape index (κ2) is 3.71. The third kappa shape index (κ3) is 1.33. The second-order valence-electron chi connectivity index (χ2n) is 4.66. The van der Waals surface area contributed by atoms with Crippen LogP contribution in [0.5, 0.6) is 0 Å². The Morgan fingerprint density at radius 2 is 2.50 bits per heavy atom. The van der Waals surface area contributed by atoms with Crippen LogP contribution in [-0.2, 0) is 11.8 Å². The lowest BCUT2D eigenvalue weighted by Gasteiger charge is -2.32. The van der Waals surface area contributed by atoms with Crippen LogP contribution in [0.4, 0.5) is 0 Å². The Morgan fingerprint density at radius 3 is 3.25 bits per heavy atom. The van der Waals surface area contributed by atoms with Gasteiger partial charge < -0.3 is 15.0 Å². The number of hydrogen-bond acceptors (Lipinski definition) is 3. The molecule has 1 spiro atoms. The fraction of sp³-hybridized carbons (Fsp3) is 0.583. The van der Waals surface area contributed by atoms with Gasteiger partial charge in [-0.2, -0.15) is 0 Å². The molecule has 2 aliphatic rings. The van der Waals surface area contributed by atoms with Crippen molar-refractivity contribution in [3.8, 4) is 0 Å². The molecule has 0 aliphatic carbocycles. The van der Waals surface area contributed by atoms with E-state index in [0.717, 1.165) is 18.9 Å². The first-order chi connectivity index (χ1) is 7.86. The Labute approximate surface area is 95.0 Å². The molecule has 0 aromatic carbocycles. The van der Waals surface area contributed by atoms with Gasteiger partial charge in [-0.15, -0.1) is 0 Å². The molecule has 16 heavy (non-hydrogen) atoms. The summed E-state index contributed by atoms with van der Waals surface area (Å²) < 4.78 is 2.14. The number of aliphatic hydroxyl groups is 1. The van der Waals surface area contributed by atoms with Gasteiger partial charge in [0, 0.05) is 30.8 Å². The summed E-state index contributed by atoms with van der Waals surface area (Å²) in [5.41, 5.74) is 1.43. The van der Waals surface area contributed by atoms with Crippen molar-refractivity contribution in [2.75, 3.05) is 19.7 Å². The second-order valence-corrected chi connectivity index (χ2v) is 4.66. The SMILES string of the molecule is OCCc1ncc2n1C=CC21CCCNC1. The number of aromatic nitrogens is 2. The highest BCUT2D eigenvalue weighted by atomic mass is 16.3. The third-order valence-electron chi connectivity index (χ3n) is 3.68. The van der Waals surface area contributed by atoms with Gasteiger partial charge in [-0.1, -0.05) is 6.08 Å². The Hall–Kier alpha value is -1.13. The van der Waals surface area contributed by atoms with E-state index in [1.54, 1.807) is 0 Å². The molecule has 3 heterocycles. The van der Waals surface area contributed by atoms with E-state index in [1.807, 2.05) is 6.20 Å². The number of hydrogen-bond donors (Lipinski definition) is 2. The van der Waals surface area contributed by atoms with Gasteiger partial charge in [0.05, 0.1) is 12.3 Å². The molecule has 0 amide bonds. The van der Waals surface area contributed by atoms with Gasteiger partial charge in [-0.25, -0.2) is 4.98 Å². The zero-order chi connectivity index (χ0) is 11.0. The molecule has 4 heteroatoms. The zero-order valence-electron chi connectivity index (χ0n) is 9.32. The lowest BCUT2D eigenvalue weighted by Crippen LogP contribution is -2.41. The lowest BCUT2D eigenvalue weighted by atomic mass is 9.79. The molecule has 86 valence electrons. The van der Waals surface area contributed by atoms with Crippen molar-refractivity contribution in [1.82, 2.24) is 14.9 Å². The maximum absolute atomic E-state index is 8.98. The van der Waals surface area contributed by atoms with E-state index in [2.05, 4.69) is 27.1 Å². The van der Waals surface area contributed by atoms with E-state index in [9.17, 15) is 0 Å². The van der Waals surface area contributed by atoms with Crippen LogP contribution in [0.1, 0.15) is 24.4 Å². The Kier molecular flexibility index (Phi) is 2.33. The summed E-state index contributed by atoms with van der Waals surface area (Å²) in [4.78, 5) is 4.40. The fourth-order valence-corrected chi connectivity index (χ4v) is 2.81. The predicted molar refractivity (Wildman–Crippen MR) is 62.1 cm³/mol. The highest BCUT2D eigenvalue weighted by Crippen LogP contribution is 2.37. The first kappa shape index (κ1) is 10.1. The van der Waals surface area contributed by atoms with E-state index < -0.39 is 0 Å². The summed E-state index contributed by atoms with van der Waals surface area (Å²) in [6, 6.07) is 0. The maximum atomic E-state index is 8.98. The molecule has 0 saturated carbocycles. The number of nitrogens with one attached hydrogen (secondary N) is 1. The zero-order valence-corrected chi connectivity index (χ0v) is 9.32. The number of aliphatic hydroxyl groups excluding tert-OH is 1. The van der Waals surface area contributed by atoms with E-state index in [4.69, 9.17) is 5.11 Å². The molecule has 1 saturated heterocycles. The molecule has 1 aromatic rings. The molecule has 1 atom stereocenters. The first-order valence-corrected chi connectivity index (χ1v) is 5.93. The fourth-order valence-electron chi connectivity index (χ4n) is 2.81. The molecular formula is C12H17N3O. The van der Waals surface area contributed by atoms with Gasteiger partial charge in [0.25, 0.3) is 0 Å². The predicted octanol–water partition coefficient (Wildman–Crippen LogP) is 0.523. The number of piperidine rings is 1. The van der Waals surface area contributed by atoms with Gasteiger partial charge in [0.15, 0.2) is 0 Å². The van der Waals surface area contributed by atoms with Gasteiger partial charge in [-0.3, -0.25) is 0 Å². The molecule has 2 N–H and O–H groups in total. The summed E-state index contributed by atoms with van der Waals surface area (Å²) in [5.74, 6) is 0.969. The minimum atomic E-state index is 0.152. The van der Waals surface area contributed by atoms with Crippen LogP contribution in [0.25, 0.3) is 6.20 Å². The molecule has 1 unspecified atom stereocenters. The number of nitrogens with zero attached hydrogens (tertiary/aromatic N) is 2. The smallest absolute Gasteiger partial charge is 0.115 e. The van der Waals surface area contributed by atoms with Gasteiger partial charge >= 0.3 is 0 Å². The largest absolute Gasteiger partial charge is 0.396 e. The summed E-state index contributed by atoms with van der Waals surface area (Å²) in [5, 5.41) is 12.4. The van der Waals surface area contributed by atoms with E-state index in [1.165, 1.54) is 18.5 Å². The standard InChI is InChI=1S/C12H17N3O/c16-7-2-11-14-8-10-12(4-6-15(10)11)3-1-5-13-9-12/h4,6,8,13,16H,1-3,5,7,9H2. The molecule has 1 fully saturated rings. The highest BCUT2D eigenvalue weighted by Gasteiger charge is 2.37.